The highest BCUT2D eigenvalue weighted by molar-refractivity contribution is 6.32. The molecule has 1 unspecified atom stereocenters. The van der Waals surface area contributed by atoms with Crippen molar-refractivity contribution in [1.29, 1.82) is 0 Å². The second-order valence-electron chi connectivity index (χ2n) is 4.16. The van der Waals surface area contributed by atoms with Gasteiger partial charge in [-0.25, -0.2) is 4.39 Å². The van der Waals surface area contributed by atoms with Crippen molar-refractivity contribution >= 4 is 29.6 Å². The molecule has 0 bridgehead atoms. The Hall–Kier alpha value is -1.88. The molecule has 6 heteroatoms. The van der Waals surface area contributed by atoms with E-state index in [4.69, 9.17) is 16.7 Å². The van der Waals surface area contributed by atoms with E-state index in [1.165, 1.54) is 24.3 Å². The Balaban J connectivity index is 2.62. The number of aliphatic carboxylic acids is 1. The maximum absolute atomic E-state index is 13.4. The molecule has 0 saturated heterocycles. The second-order valence-corrected chi connectivity index (χ2v) is 4.56. The summed E-state index contributed by atoms with van der Waals surface area (Å²) in [5, 5.41) is 11.5. The van der Waals surface area contributed by atoms with E-state index in [0.29, 0.717) is 6.42 Å². The van der Waals surface area contributed by atoms with E-state index in [1.54, 1.807) is 6.92 Å². The molecule has 1 rings (SSSR count). The monoisotopic (exact) mass is 299 g/mol. The smallest absolute Gasteiger partial charge is 0.308 e. The fourth-order valence-electron chi connectivity index (χ4n) is 1.52. The first-order valence-corrected chi connectivity index (χ1v) is 6.46. The number of rotatable bonds is 6. The van der Waals surface area contributed by atoms with Crippen LogP contribution in [-0.4, -0.2) is 23.5 Å². The number of carboxylic acids is 1. The third-order valence-corrected chi connectivity index (χ3v) is 3.10. The molecule has 2 N–H and O–H groups in total. The van der Waals surface area contributed by atoms with Crippen molar-refractivity contribution in [3.63, 3.8) is 0 Å². The Morgan fingerprint density at radius 3 is 2.75 bits per heavy atom. The standard InChI is InChI=1S/C14H15ClFNO3/c1-2-9(14(19)20)8-17-13(18)7-6-10-11(15)4-3-5-12(10)16/h3-7,9H,2,8H2,1H3,(H,17,18)(H,19,20). The number of hydrogen-bond donors (Lipinski definition) is 2. The second kappa shape index (κ2) is 7.65. The molecule has 0 heterocycles. The minimum absolute atomic E-state index is 0.0278. The zero-order valence-corrected chi connectivity index (χ0v) is 11.7. The number of carboxylic acid groups (broad SMARTS) is 1. The lowest BCUT2D eigenvalue weighted by molar-refractivity contribution is -0.141. The fourth-order valence-corrected chi connectivity index (χ4v) is 1.74. The van der Waals surface area contributed by atoms with Gasteiger partial charge in [-0.3, -0.25) is 9.59 Å². The van der Waals surface area contributed by atoms with Crippen LogP contribution < -0.4 is 5.32 Å². The van der Waals surface area contributed by atoms with Crippen molar-refractivity contribution in [2.45, 2.75) is 13.3 Å². The van der Waals surface area contributed by atoms with Gasteiger partial charge in [-0.1, -0.05) is 24.6 Å². The van der Waals surface area contributed by atoms with E-state index < -0.39 is 23.6 Å². The average Bonchev–Trinajstić information content (AvgIpc) is 2.38. The first-order chi connectivity index (χ1) is 9.45. The summed E-state index contributed by atoms with van der Waals surface area (Å²) in [5.74, 6) is -2.62. The Labute approximate surface area is 121 Å². The quantitative estimate of drug-likeness (QED) is 0.794. The van der Waals surface area contributed by atoms with Gasteiger partial charge in [0.25, 0.3) is 0 Å². The van der Waals surface area contributed by atoms with Gasteiger partial charge in [0.1, 0.15) is 5.82 Å². The van der Waals surface area contributed by atoms with Gasteiger partial charge in [-0.15, -0.1) is 0 Å². The number of benzene rings is 1. The van der Waals surface area contributed by atoms with E-state index in [1.807, 2.05) is 0 Å². The molecule has 0 spiro atoms. The number of hydrogen-bond acceptors (Lipinski definition) is 2. The predicted molar refractivity (Wildman–Crippen MR) is 74.9 cm³/mol. The number of carbonyl (C=O) groups excluding carboxylic acids is 1. The van der Waals surface area contributed by atoms with Crippen LogP contribution in [-0.2, 0) is 9.59 Å². The van der Waals surface area contributed by atoms with Crippen LogP contribution in [0.2, 0.25) is 5.02 Å². The zero-order chi connectivity index (χ0) is 15.1. The average molecular weight is 300 g/mol. The lowest BCUT2D eigenvalue weighted by Gasteiger charge is -2.09. The largest absolute Gasteiger partial charge is 0.481 e. The van der Waals surface area contributed by atoms with Crippen LogP contribution in [0, 0.1) is 11.7 Å². The fraction of sp³-hybridized carbons (Fsp3) is 0.286. The molecular weight excluding hydrogens is 285 g/mol. The van der Waals surface area contributed by atoms with E-state index in [-0.39, 0.29) is 17.1 Å². The highest BCUT2D eigenvalue weighted by atomic mass is 35.5. The summed E-state index contributed by atoms with van der Waals surface area (Å²) in [6.45, 7) is 1.75. The lowest BCUT2D eigenvalue weighted by Crippen LogP contribution is -2.31. The van der Waals surface area contributed by atoms with Gasteiger partial charge in [0.05, 0.1) is 10.9 Å². The molecule has 0 aliphatic carbocycles. The third-order valence-electron chi connectivity index (χ3n) is 2.77. The highest BCUT2D eigenvalue weighted by Crippen LogP contribution is 2.20. The summed E-state index contributed by atoms with van der Waals surface area (Å²) in [6, 6.07) is 4.22. The molecule has 0 aliphatic rings. The number of carbonyl (C=O) groups is 2. The maximum atomic E-state index is 13.4. The summed E-state index contributed by atoms with van der Waals surface area (Å²) in [6.07, 6.45) is 2.80. The Morgan fingerprint density at radius 2 is 2.20 bits per heavy atom. The summed E-state index contributed by atoms with van der Waals surface area (Å²) >= 11 is 5.80. The molecule has 0 aliphatic heterocycles. The summed E-state index contributed by atoms with van der Waals surface area (Å²) < 4.78 is 13.4. The number of amides is 1. The van der Waals surface area contributed by atoms with Crippen LogP contribution in [0.3, 0.4) is 0 Å². The van der Waals surface area contributed by atoms with Crippen LogP contribution in [0.4, 0.5) is 4.39 Å². The van der Waals surface area contributed by atoms with Crippen LogP contribution in [0.15, 0.2) is 24.3 Å². The Morgan fingerprint density at radius 1 is 1.50 bits per heavy atom. The van der Waals surface area contributed by atoms with Gasteiger partial charge >= 0.3 is 5.97 Å². The first kappa shape index (κ1) is 16.2. The Kier molecular flexibility index (Phi) is 6.18. The summed E-state index contributed by atoms with van der Waals surface area (Å²) in [4.78, 5) is 22.3. The SMILES string of the molecule is CCC(CNC(=O)C=Cc1c(F)cccc1Cl)C(=O)O. The highest BCUT2D eigenvalue weighted by Gasteiger charge is 2.15. The first-order valence-electron chi connectivity index (χ1n) is 6.08. The minimum atomic E-state index is -0.964. The third kappa shape index (κ3) is 4.66. The van der Waals surface area contributed by atoms with Crippen molar-refractivity contribution < 1.29 is 19.1 Å². The normalized spacial score (nSPS) is 12.3. The predicted octanol–water partition coefficient (Wildman–Crippen LogP) is 2.72. The topological polar surface area (TPSA) is 66.4 Å². The van der Waals surface area contributed by atoms with Crippen molar-refractivity contribution in [2.24, 2.45) is 5.92 Å². The van der Waals surface area contributed by atoms with Crippen LogP contribution in [0.5, 0.6) is 0 Å². The molecule has 0 saturated carbocycles. The van der Waals surface area contributed by atoms with Crippen molar-refractivity contribution in [3.8, 4) is 0 Å². The molecule has 1 amide bonds. The molecule has 0 aromatic heterocycles. The molecule has 4 nitrogen and oxygen atoms in total. The van der Waals surface area contributed by atoms with Gasteiger partial charge in [-0.05, 0) is 24.6 Å². The number of halogens is 2. The minimum Gasteiger partial charge on any atom is -0.481 e. The van der Waals surface area contributed by atoms with Crippen molar-refractivity contribution in [3.05, 3.63) is 40.7 Å². The van der Waals surface area contributed by atoms with Crippen LogP contribution in [0.25, 0.3) is 6.08 Å². The maximum Gasteiger partial charge on any atom is 0.308 e. The van der Waals surface area contributed by atoms with E-state index in [9.17, 15) is 14.0 Å². The molecule has 108 valence electrons. The van der Waals surface area contributed by atoms with Crippen LogP contribution in [0.1, 0.15) is 18.9 Å². The molecule has 20 heavy (non-hydrogen) atoms. The van der Waals surface area contributed by atoms with Gasteiger partial charge < -0.3 is 10.4 Å². The molecule has 1 aromatic rings. The molecule has 1 atom stereocenters. The molecular formula is C14H15ClFNO3. The van der Waals surface area contributed by atoms with Crippen molar-refractivity contribution in [1.82, 2.24) is 5.32 Å². The molecule has 0 fully saturated rings. The van der Waals surface area contributed by atoms with Gasteiger partial charge in [-0.2, -0.15) is 0 Å². The van der Waals surface area contributed by atoms with Gasteiger partial charge in [0, 0.05) is 18.2 Å². The van der Waals surface area contributed by atoms with Crippen molar-refractivity contribution in [2.75, 3.05) is 6.54 Å². The summed E-state index contributed by atoms with van der Waals surface area (Å²) in [5.41, 5.74) is 0.120. The van der Waals surface area contributed by atoms with E-state index in [0.717, 1.165) is 6.08 Å². The Bertz CT molecular complexity index is 511. The van der Waals surface area contributed by atoms with Gasteiger partial charge in [0.2, 0.25) is 5.91 Å². The summed E-state index contributed by atoms with van der Waals surface area (Å²) in [7, 11) is 0. The zero-order valence-electron chi connectivity index (χ0n) is 10.9. The molecule has 0 radical (unpaired) electrons. The lowest BCUT2D eigenvalue weighted by atomic mass is 10.1. The molecule has 1 aromatic carbocycles. The van der Waals surface area contributed by atoms with E-state index >= 15 is 0 Å². The van der Waals surface area contributed by atoms with Gasteiger partial charge in [0.15, 0.2) is 0 Å². The van der Waals surface area contributed by atoms with E-state index in [2.05, 4.69) is 5.32 Å². The van der Waals surface area contributed by atoms with Crippen LogP contribution >= 0.6 is 11.6 Å². The number of nitrogens with one attached hydrogen (secondary N) is 1.